The largest absolute Gasteiger partial charge is 0.494 e. The van der Waals surface area contributed by atoms with E-state index in [0.717, 1.165) is 28.3 Å². The molecule has 0 saturated carbocycles. The van der Waals surface area contributed by atoms with Gasteiger partial charge in [0, 0.05) is 22.6 Å². The molecule has 0 aliphatic rings. The van der Waals surface area contributed by atoms with Crippen LogP contribution in [0.25, 0.3) is 16.4 Å². The summed E-state index contributed by atoms with van der Waals surface area (Å²) in [5.41, 5.74) is 4.20. The maximum atomic E-state index is 12.8. The average Bonchev–Trinajstić information content (AvgIpc) is 3.36. The highest BCUT2D eigenvalue weighted by atomic mass is 32.1. The van der Waals surface area contributed by atoms with Gasteiger partial charge in [-0.1, -0.05) is 18.2 Å². The van der Waals surface area contributed by atoms with Crippen LogP contribution in [-0.2, 0) is 0 Å². The molecule has 0 bridgehead atoms. The first-order valence-corrected chi connectivity index (χ1v) is 10.6. The fourth-order valence-electron chi connectivity index (χ4n) is 3.13. The quantitative estimate of drug-likeness (QED) is 0.463. The molecule has 0 spiro atoms. The van der Waals surface area contributed by atoms with E-state index in [1.807, 2.05) is 80.7 Å². The lowest BCUT2D eigenvalue weighted by Gasteiger charge is -2.08. The molecule has 2 aromatic carbocycles. The lowest BCUT2D eigenvalue weighted by Crippen LogP contribution is -2.16. The molecule has 0 aliphatic carbocycles. The number of nitrogens with zero attached hydrogens (tertiary/aromatic N) is 3. The minimum absolute atomic E-state index is 0.169. The average molecular weight is 419 g/mol. The van der Waals surface area contributed by atoms with Crippen molar-refractivity contribution >= 4 is 23.1 Å². The van der Waals surface area contributed by atoms with Crippen LogP contribution in [0.3, 0.4) is 0 Å². The van der Waals surface area contributed by atoms with Crippen molar-refractivity contribution in [2.75, 3.05) is 11.9 Å². The van der Waals surface area contributed by atoms with Crippen molar-refractivity contribution in [1.29, 1.82) is 0 Å². The molecule has 0 fully saturated rings. The van der Waals surface area contributed by atoms with Gasteiger partial charge in [-0.2, -0.15) is 9.78 Å². The van der Waals surface area contributed by atoms with E-state index in [2.05, 4.69) is 10.4 Å². The molecule has 0 atom stereocenters. The summed E-state index contributed by atoms with van der Waals surface area (Å²) in [6, 6.07) is 17.2. The lowest BCUT2D eigenvalue weighted by atomic mass is 10.1. The van der Waals surface area contributed by atoms with E-state index in [4.69, 9.17) is 9.72 Å². The molecule has 7 heteroatoms. The fourth-order valence-corrected chi connectivity index (χ4v) is 3.92. The summed E-state index contributed by atoms with van der Waals surface area (Å²) in [6.45, 7) is 6.40. The minimum Gasteiger partial charge on any atom is -0.494 e. The number of carbonyl (C=O) groups excluding carboxylic acids is 1. The molecule has 4 aromatic rings. The Hall–Kier alpha value is -3.45. The van der Waals surface area contributed by atoms with Gasteiger partial charge < -0.3 is 10.1 Å². The topological polar surface area (TPSA) is 69.0 Å². The third-order valence-electron chi connectivity index (χ3n) is 4.60. The number of amides is 1. The van der Waals surface area contributed by atoms with Crippen molar-refractivity contribution in [2.45, 2.75) is 20.8 Å². The number of hydrogen-bond donors (Lipinski definition) is 1. The van der Waals surface area contributed by atoms with Gasteiger partial charge in [0.25, 0.3) is 5.91 Å². The predicted octanol–water partition coefficient (Wildman–Crippen LogP) is 5.26. The molecule has 0 saturated heterocycles. The van der Waals surface area contributed by atoms with Crippen LogP contribution in [0.5, 0.6) is 5.75 Å². The highest BCUT2D eigenvalue weighted by molar-refractivity contribution is 7.12. The maximum absolute atomic E-state index is 12.8. The maximum Gasteiger partial charge on any atom is 0.257 e. The zero-order valence-corrected chi connectivity index (χ0v) is 17.9. The first kappa shape index (κ1) is 19.8. The lowest BCUT2D eigenvalue weighted by molar-refractivity contribution is 0.102. The molecule has 1 amide bonds. The Morgan fingerprint density at radius 2 is 1.90 bits per heavy atom. The molecule has 2 heterocycles. The van der Waals surface area contributed by atoms with Crippen LogP contribution < -0.4 is 10.1 Å². The van der Waals surface area contributed by atoms with Gasteiger partial charge in [-0.25, -0.2) is 4.98 Å². The molecule has 0 radical (unpaired) electrons. The number of aromatic nitrogens is 3. The van der Waals surface area contributed by atoms with Crippen molar-refractivity contribution in [3.63, 3.8) is 0 Å². The second-order valence-electron chi connectivity index (χ2n) is 6.82. The molecule has 4 rings (SSSR count). The summed E-state index contributed by atoms with van der Waals surface area (Å²) in [4.78, 5) is 17.5. The summed E-state index contributed by atoms with van der Waals surface area (Å²) in [5.74, 6) is 1.26. The first-order valence-electron chi connectivity index (χ1n) is 9.68. The number of ether oxygens (including phenoxy) is 1. The number of rotatable bonds is 6. The van der Waals surface area contributed by atoms with E-state index >= 15 is 0 Å². The Balaban J connectivity index is 1.60. The fraction of sp³-hybridized carbons (Fsp3) is 0.174. The molecule has 6 nitrogen and oxygen atoms in total. The Morgan fingerprint density at radius 3 is 2.63 bits per heavy atom. The van der Waals surface area contributed by atoms with Gasteiger partial charge in [-0.05, 0) is 56.7 Å². The molecule has 0 unspecified atom stereocenters. The second kappa shape index (κ2) is 8.51. The van der Waals surface area contributed by atoms with Gasteiger partial charge in [0.05, 0.1) is 18.0 Å². The van der Waals surface area contributed by atoms with Crippen molar-refractivity contribution in [3.05, 3.63) is 76.8 Å². The van der Waals surface area contributed by atoms with Gasteiger partial charge in [0.1, 0.15) is 11.6 Å². The molecular weight excluding hydrogens is 396 g/mol. The molecular formula is C23H22N4O2S. The van der Waals surface area contributed by atoms with E-state index in [1.54, 1.807) is 4.68 Å². The van der Waals surface area contributed by atoms with E-state index in [-0.39, 0.29) is 5.91 Å². The number of anilines is 1. The highest BCUT2D eigenvalue weighted by Gasteiger charge is 2.16. The second-order valence-corrected chi connectivity index (χ2v) is 7.66. The van der Waals surface area contributed by atoms with Crippen molar-refractivity contribution < 1.29 is 9.53 Å². The van der Waals surface area contributed by atoms with E-state index in [0.29, 0.717) is 23.1 Å². The Bertz CT molecular complexity index is 1180. The van der Waals surface area contributed by atoms with Gasteiger partial charge in [0.2, 0.25) is 5.13 Å². The van der Waals surface area contributed by atoms with Crippen LogP contribution in [0, 0.1) is 13.8 Å². The third-order valence-corrected chi connectivity index (χ3v) is 5.41. The summed E-state index contributed by atoms with van der Waals surface area (Å²) in [7, 11) is 0. The summed E-state index contributed by atoms with van der Waals surface area (Å²) in [5, 5.41) is 10.2. The molecule has 152 valence electrons. The van der Waals surface area contributed by atoms with Crippen LogP contribution in [-0.4, -0.2) is 27.3 Å². The summed E-state index contributed by atoms with van der Waals surface area (Å²) < 4.78 is 7.17. The number of benzene rings is 2. The van der Waals surface area contributed by atoms with Crippen LogP contribution >= 0.6 is 11.3 Å². The number of thiazole rings is 1. The SMILES string of the molecule is CCOc1ccc(-c2csc(-n3nc(C)cc3NC(=O)c3ccccc3C)n2)cc1. The predicted molar refractivity (Wildman–Crippen MR) is 120 cm³/mol. The van der Waals surface area contributed by atoms with Crippen LogP contribution in [0.15, 0.2) is 60.0 Å². The summed E-state index contributed by atoms with van der Waals surface area (Å²) in [6.07, 6.45) is 0. The van der Waals surface area contributed by atoms with Gasteiger partial charge in [0.15, 0.2) is 0 Å². The van der Waals surface area contributed by atoms with Gasteiger partial charge in [-0.3, -0.25) is 4.79 Å². The molecule has 0 aliphatic heterocycles. The van der Waals surface area contributed by atoms with Crippen molar-refractivity contribution in [2.24, 2.45) is 0 Å². The Kier molecular flexibility index (Phi) is 5.63. The summed E-state index contributed by atoms with van der Waals surface area (Å²) >= 11 is 1.47. The normalized spacial score (nSPS) is 10.8. The van der Waals surface area contributed by atoms with Crippen LogP contribution in [0.4, 0.5) is 5.82 Å². The monoisotopic (exact) mass is 418 g/mol. The number of nitrogens with one attached hydrogen (secondary N) is 1. The Labute approximate surface area is 179 Å². The van der Waals surface area contributed by atoms with Crippen molar-refractivity contribution in [3.8, 4) is 22.1 Å². The number of aryl methyl sites for hydroxylation is 2. The zero-order chi connectivity index (χ0) is 21.1. The smallest absolute Gasteiger partial charge is 0.257 e. The molecule has 2 aromatic heterocycles. The Morgan fingerprint density at radius 1 is 1.13 bits per heavy atom. The van der Waals surface area contributed by atoms with E-state index in [1.165, 1.54) is 11.3 Å². The van der Waals surface area contributed by atoms with Gasteiger partial charge in [-0.15, -0.1) is 11.3 Å². The zero-order valence-electron chi connectivity index (χ0n) is 17.0. The van der Waals surface area contributed by atoms with E-state index in [9.17, 15) is 4.79 Å². The highest BCUT2D eigenvalue weighted by Crippen LogP contribution is 2.28. The minimum atomic E-state index is -0.169. The van der Waals surface area contributed by atoms with E-state index < -0.39 is 0 Å². The first-order chi connectivity index (χ1) is 14.5. The van der Waals surface area contributed by atoms with Crippen molar-refractivity contribution in [1.82, 2.24) is 14.8 Å². The molecule has 1 N–H and O–H groups in total. The van der Waals surface area contributed by atoms with Crippen LogP contribution in [0.1, 0.15) is 28.5 Å². The molecule has 30 heavy (non-hydrogen) atoms. The number of carbonyl (C=O) groups is 1. The van der Waals surface area contributed by atoms with Crippen LogP contribution in [0.2, 0.25) is 0 Å². The third kappa shape index (κ3) is 4.11. The standard InChI is InChI=1S/C23H22N4O2S/c1-4-29-18-11-9-17(10-12-18)20-14-30-23(24-20)27-21(13-16(3)26-27)25-22(28)19-8-6-5-7-15(19)2/h5-14H,4H2,1-3H3,(H,25,28). The van der Waals surface area contributed by atoms with Gasteiger partial charge >= 0.3 is 0 Å². The number of hydrogen-bond acceptors (Lipinski definition) is 5.